The van der Waals surface area contributed by atoms with Crippen LogP contribution >= 0.6 is 0 Å². The quantitative estimate of drug-likeness (QED) is 0.265. The molecule has 0 aliphatic rings. The highest BCUT2D eigenvalue weighted by Gasteiger charge is 2.16. The lowest BCUT2D eigenvalue weighted by Crippen LogP contribution is -2.05. The number of H-pyrrole nitrogens is 1. The van der Waals surface area contributed by atoms with Gasteiger partial charge in [0.2, 0.25) is 5.82 Å². The number of hydrogen-bond donors (Lipinski definition) is 1. The molecule has 0 saturated carbocycles. The van der Waals surface area contributed by atoms with Crippen LogP contribution in [0.15, 0.2) is 66.7 Å². The summed E-state index contributed by atoms with van der Waals surface area (Å²) in [4.78, 5) is 9.74. The molecule has 0 saturated heterocycles. The van der Waals surface area contributed by atoms with Crippen molar-refractivity contribution in [1.29, 1.82) is 0 Å². The standard InChI is InChI=1S/C32H31N7/c1-6-29-34-30-21(4)16-22(5)33-32(30)39(29)18-23-7-9-24(10-8-23)28-17-25(26-14-19(2)13-20(3)15-26)11-12-27(28)31-35-37-38-36-31/h7-17H,6,18H2,1-5H3,(H,35,36,37,38). The molecule has 0 amide bonds. The lowest BCUT2D eigenvalue weighted by atomic mass is 9.92. The van der Waals surface area contributed by atoms with Crippen LogP contribution in [0.1, 0.15) is 40.7 Å². The van der Waals surface area contributed by atoms with Gasteiger partial charge in [0, 0.05) is 17.7 Å². The zero-order chi connectivity index (χ0) is 27.1. The molecule has 7 heteroatoms. The Morgan fingerprint density at radius 3 is 2.18 bits per heavy atom. The molecule has 0 unspecified atom stereocenters. The second kappa shape index (κ2) is 9.91. The summed E-state index contributed by atoms with van der Waals surface area (Å²) in [6, 6.07) is 23.9. The second-order valence-corrected chi connectivity index (χ2v) is 10.3. The van der Waals surface area contributed by atoms with Gasteiger partial charge in [0.1, 0.15) is 11.3 Å². The maximum Gasteiger partial charge on any atom is 0.205 e. The molecule has 0 atom stereocenters. The van der Waals surface area contributed by atoms with Gasteiger partial charge in [0.15, 0.2) is 5.65 Å². The van der Waals surface area contributed by atoms with Crippen LogP contribution in [0.2, 0.25) is 0 Å². The topological polar surface area (TPSA) is 85.2 Å². The molecule has 3 aromatic heterocycles. The van der Waals surface area contributed by atoms with Crippen LogP contribution in [0.4, 0.5) is 0 Å². The first kappa shape index (κ1) is 24.7. The molecule has 0 bridgehead atoms. The number of aromatic amines is 1. The lowest BCUT2D eigenvalue weighted by Gasteiger charge is -2.13. The number of pyridine rings is 1. The Balaban J connectivity index is 1.40. The number of imidazole rings is 1. The molecule has 194 valence electrons. The molecular weight excluding hydrogens is 482 g/mol. The van der Waals surface area contributed by atoms with E-state index in [4.69, 9.17) is 9.97 Å². The van der Waals surface area contributed by atoms with E-state index in [0.717, 1.165) is 57.9 Å². The first-order valence-electron chi connectivity index (χ1n) is 13.3. The van der Waals surface area contributed by atoms with Crippen molar-refractivity contribution in [2.75, 3.05) is 0 Å². The van der Waals surface area contributed by atoms with Gasteiger partial charge in [-0.25, -0.2) is 9.97 Å². The van der Waals surface area contributed by atoms with Gasteiger partial charge in [-0.1, -0.05) is 66.6 Å². The van der Waals surface area contributed by atoms with E-state index in [1.165, 1.54) is 27.8 Å². The maximum atomic E-state index is 4.90. The SMILES string of the molecule is CCc1nc2c(C)cc(C)nc2n1Cc1ccc(-c2cc(-c3cc(C)cc(C)c3)ccc2-c2nn[nH]n2)cc1. The fourth-order valence-electron chi connectivity index (χ4n) is 5.43. The number of fused-ring (bicyclic) bond motifs is 1. The summed E-state index contributed by atoms with van der Waals surface area (Å²) < 4.78 is 2.25. The van der Waals surface area contributed by atoms with Crippen molar-refractivity contribution in [3.63, 3.8) is 0 Å². The van der Waals surface area contributed by atoms with E-state index in [9.17, 15) is 0 Å². The molecule has 39 heavy (non-hydrogen) atoms. The van der Waals surface area contributed by atoms with E-state index in [1.807, 2.05) is 6.92 Å². The summed E-state index contributed by atoms with van der Waals surface area (Å²) in [5, 5.41) is 14.9. The van der Waals surface area contributed by atoms with Gasteiger partial charge in [0.05, 0.1) is 6.54 Å². The summed E-state index contributed by atoms with van der Waals surface area (Å²) in [5.41, 5.74) is 13.3. The molecule has 6 rings (SSSR count). The third-order valence-electron chi connectivity index (χ3n) is 7.18. The third kappa shape index (κ3) is 4.72. The fraction of sp³-hybridized carbons (Fsp3) is 0.219. The molecule has 0 spiro atoms. The number of tetrazole rings is 1. The zero-order valence-corrected chi connectivity index (χ0v) is 22.9. The fourth-order valence-corrected chi connectivity index (χ4v) is 5.43. The number of rotatable bonds is 6. The van der Waals surface area contributed by atoms with Crippen LogP contribution in [-0.4, -0.2) is 35.2 Å². The molecule has 6 aromatic rings. The van der Waals surface area contributed by atoms with Gasteiger partial charge in [-0.15, -0.1) is 10.2 Å². The zero-order valence-electron chi connectivity index (χ0n) is 22.9. The molecule has 1 N–H and O–H groups in total. The predicted octanol–water partition coefficient (Wildman–Crippen LogP) is 6.79. The molecular formula is C32H31N7. The van der Waals surface area contributed by atoms with Gasteiger partial charge >= 0.3 is 0 Å². The Morgan fingerprint density at radius 2 is 1.49 bits per heavy atom. The largest absolute Gasteiger partial charge is 0.308 e. The summed E-state index contributed by atoms with van der Waals surface area (Å²) in [6.07, 6.45) is 0.853. The number of nitrogens with zero attached hydrogens (tertiary/aromatic N) is 6. The van der Waals surface area contributed by atoms with Crippen LogP contribution in [-0.2, 0) is 13.0 Å². The molecule has 0 radical (unpaired) electrons. The highest BCUT2D eigenvalue weighted by atomic mass is 15.5. The van der Waals surface area contributed by atoms with E-state index in [-0.39, 0.29) is 0 Å². The van der Waals surface area contributed by atoms with E-state index in [2.05, 4.69) is 120 Å². The molecule has 0 aliphatic carbocycles. The molecule has 0 aliphatic heterocycles. The Labute approximate surface area is 228 Å². The summed E-state index contributed by atoms with van der Waals surface area (Å²) in [7, 11) is 0. The molecule has 3 heterocycles. The van der Waals surface area contributed by atoms with Crippen molar-refractivity contribution in [1.82, 2.24) is 35.2 Å². The van der Waals surface area contributed by atoms with Crippen LogP contribution in [0.3, 0.4) is 0 Å². The maximum absolute atomic E-state index is 4.90. The van der Waals surface area contributed by atoms with Gasteiger partial charge in [-0.3, -0.25) is 0 Å². The minimum atomic E-state index is 0.579. The summed E-state index contributed by atoms with van der Waals surface area (Å²) in [5.74, 6) is 1.63. The minimum absolute atomic E-state index is 0.579. The van der Waals surface area contributed by atoms with Crippen LogP contribution < -0.4 is 0 Å². The number of hydrogen-bond acceptors (Lipinski definition) is 5. The summed E-state index contributed by atoms with van der Waals surface area (Å²) >= 11 is 0. The number of benzene rings is 3. The monoisotopic (exact) mass is 513 g/mol. The second-order valence-electron chi connectivity index (χ2n) is 10.3. The first-order chi connectivity index (χ1) is 18.9. The van der Waals surface area contributed by atoms with Crippen molar-refractivity contribution in [2.24, 2.45) is 0 Å². The number of nitrogens with one attached hydrogen (secondary N) is 1. The predicted molar refractivity (Wildman–Crippen MR) is 155 cm³/mol. The van der Waals surface area contributed by atoms with E-state index >= 15 is 0 Å². The lowest BCUT2D eigenvalue weighted by molar-refractivity contribution is 0.745. The molecule has 7 nitrogen and oxygen atoms in total. The van der Waals surface area contributed by atoms with Crippen LogP contribution in [0.5, 0.6) is 0 Å². The van der Waals surface area contributed by atoms with Crippen molar-refractivity contribution < 1.29 is 0 Å². The third-order valence-corrected chi connectivity index (χ3v) is 7.18. The Morgan fingerprint density at radius 1 is 0.744 bits per heavy atom. The highest BCUT2D eigenvalue weighted by molar-refractivity contribution is 5.85. The average Bonchev–Trinajstić information content (AvgIpc) is 3.57. The number of aryl methyl sites for hydroxylation is 5. The highest BCUT2D eigenvalue weighted by Crippen LogP contribution is 2.35. The van der Waals surface area contributed by atoms with Crippen molar-refractivity contribution in [3.05, 3.63) is 101 Å². The first-order valence-corrected chi connectivity index (χ1v) is 13.3. The van der Waals surface area contributed by atoms with Crippen molar-refractivity contribution in [3.8, 4) is 33.6 Å². The molecule has 0 fully saturated rings. The van der Waals surface area contributed by atoms with Crippen LogP contribution in [0.25, 0.3) is 44.8 Å². The van der Waals surface area contributed by atoms with Gasteiger partial charge in [-0.05, 0) is 84.5 Å². The normalized spacial score (nSPS) is 11.4. The van der Waals surface area contributed by atoms with Crippen molar-refractivity contribution in [2.45, 2.75) is 47.6 Å². The molecule has 3 aromatic carbocycles. The van der Waals surface area contributed by atoms with E-state index in [1.54, 1.807) is 0 Å². The smallest absolute Gasteiger partial charge is 0.205 e. The number of aromatic nitrogens is 7. The van der Waals surface area contributed by atoms with Gasteiger partial charge in [0.25, 0.3) is 0 Å². The van der Waals surface area contributed by atoms with Crippen molar-refractivity contribution >= 4 is 11.2 Å². The minimum Gasteiger partial charge on any atom is -0.308 e. The van der Waals surface area contributed by atoms with Gasteiger partial charge in [-0.2, -0.15) is 5.21 Å². The summed E-state index contributed by atoms with van der Waals surface area (Å²) in [6.45, 7) is 11.3. The average molecular weight is 514 g/mol. The van der Waals surface area contributed by atoms with Gasteiger partial charge < -0.3 is 4.57 Å². The van der Waals surface area contributed by atoms with E-state index < -0.39 is 0 Å². The Kier molecular flexibility index (Phi) is 6.27. The Hall–Kier alpha value is -4.65. The van der Waals surface area contributed by atoms with E-state index in [0.29, 0.717) is 5.82 Å². The Bertz CT molecular complexity index is 1780. The van der Waals surface area contributed by atoms with Crippen LogP contribution in [0, 0.1) is 27.7 Å².